The molecule has 3 nitrogen and oxygen atoms in total. The molecule has 3 heteroatoms. The Labute approximate surface area is 97.9 Å². The summed E-state index contributed by atoms with van der Waals surface area (Å²) in [4.78, 5) is 2.03. The van der Waals surface area contributed by atoms with E-state index in [9.17, 15) is 5.11 Å². The molecule has 0 aliphatic carbocycles. The molecule has 0 aromatic heterocycles. The van der Waals surface area contributed by atoms with Gasteiger partial charge in [-0.1, -0.05) is 26.0 Å². The van der Waals surface area contributed by atoms with Gasteiger partial charge in [0.25, 0.3) is 0 Å². The van der Waals surface area contributed by atoms with Crippen LogP contribution in [0.5, 0.6) is 0 Å². The molecule has 0 fully saturated rings. The van der Waals surface area contributed by atoms with E-state index in [1.54, 1.807) is 0 Å². The van der Waals surface area contributed by atoms with Crippen molar-refractivity contribution in [3.63, 3.8) is 0 Å². The van der Waals surface area contributed by atoms with Crippen LogP contribution in [0.1, 0.15) is 25.5 Å². The van der Waals surface area contributed by atoms with Crippen LogP contribution in [0.15, 0.2) is 24.3 Å². The summed E-state index contributed by atoms with van der Waals surface area (Å²) in [6, 6.07) is 7.63. The minimum absolute atomic E-state index is 0.217. The zero-order valence-corrected chi connectivity index (χ0v) is 10.5. The summed E-state index contributed by atoms with van der Waals surface area (Å²) in [7, 11) is 3.98. The first-order valence-electron chi connectivity index (χ1n) is 5.64. The molecule has 1 aromatic rings. The monoisotopic (exact) mass is 222 g/mol. The van der Waals surface area contributed by atoms with E-state index in [1.807, 2.05) is 57.1 Å². The molecule has 2 atom stereocenters. The molecule has 0 spiro atoms. The molecular formula is C13H22N2O. The number of anilines is 1. The van der Waals surface area contributed by atoms with Crippen molar-refractivity contribution in [2.45, 2.75) is 26.0 Å². The Balaban J connectivity index is 2.81. The van der Waals surface area contributed by atoms with Crippen molar-refractivity contribution in [3.8, 4) is 0 Å². The Hall–Kier alpha value is -1.06. The number of hydrogen-bond acceptors (Lipinski definition) is 3. The minimum atomic E-state index is -0.587. The van der Waals surface area contributed by atoms with Gasteiger partial charge in [-0.2, -0.15) is 0 Å². The summed E-state index contributed by atoms with van der Waals surface area (Å²) < 4.78 is 0. The Morgan fingerprint density at radius 3 is 2.00 bits per heavy atom. The van der Waals surface area contributed by atoms with Gasteiger partial charge >= 0.3 is 0 Å². The van der Waals surface area contributed by atoms with Gasteiger partial charge in [0.2, 0.25) is 0 Å². The summed E-state index contributed by atoms with van der Waals surface area (Å²) in [5.74, 6) is 0.267. The summed E-state index contributed by atoms with van der Waals surface area (Å²) in [5.41, 5.74) is 7.93. The molecule has 0 saturated heterocycles. The molecular weight excluding hydrogens is 200 g/mol. The van der Waals surface area contributed by atoms with E-state index in [0.29, 0.717) is 0 Å². The van der Waals surface area contributed by atoms with Crippen LogP contribution in [0.2, 0.25) is 0 Å². The van der Waals surface area contributed by atoms with Crippen molar-refractivity contribution in [2.24, 2.45) is 11.7 Å². The maximum Gasteiger partial charge on any atom is 0.0943 e. The van der Waals surface area contributed by atoms with Gasteiger partial charge in [0.05, 0.1) is 6.10 Å². The lowest BCUT2D eigenvalue weighted by Crippen LogP contribution is -2.33. The number of aliphatic hydroxyl groups is 1. The topological polar surface area (TPSA) is 49.5 Å². The number of rotatable bonds is 4. The highest BCUT2D eigenvalue weighted by Crippen LogP contribution is 2.22. The SMILES string of the molecule is CC(C)C(N)C(O)c1ccc(N(C)C)cc1. The Morgan fingerprint density at radius 1 is 1.12 bits per heavy atom. The van der Waals surface area contributed by atoms with Crippen LogP contribution in [-0.4, -0.2) is 25.2 Å². The second-order valence-corrected chi connectivity index (χ2v) is 4.75. The molecule has 1 aromatic carbocycles. The molecule has 0 amide bonds. The zero-order valence-electron chi connectivity index (χ0n) is 10.5. The number of nitrogens with two attached hydrogens (primary N) is 1. The van der Waals surface area contributed by atoms with Gasteiger partial charge in [-0.3, -0.25) is 0 Å². The van der Waals surface area contributed by atoms with Crippen molar-refractivity contribution in [1.29, 1.82) is 0 Å². The number of nitrogens with zero attached hydrogens (tertiary/aromatic N) is 1. The number of aliphatic hydroxyl groups excluding tert-OH is 1. The Bertz CT molecular complexity index is 319. The third-order valence-corrected chi connectivity index (χ3v) is 2.89. The standard InChI is InChI=1S/C13H22N2O/c1-9(2)12(14)13(16)10-5-7-11(8-6-10)15(3)4/h5-9,12-13,16H,14H2,1-4H3. The molecule has 0 saturated carbocycles. The molecule has 0 aliphatic heterocycles. The predicted octanol–water partition coefficient (Wildman–Crippen LogP) is 1.77. The fourth-order valence-corrected chi connectivity index (χ4v) is 1.56. The fourth-order valence-electron chi connectivity index (χ4n) is 1.56. The minimum Gasteiger partial charge on any atom is -0.387 e. The lowest BCUT2D eigenvalue weighted by molar-refractivity contribution is 0.126. The van der Waals surface area contributed by atoms with Crippen molar-refractivity contribution < 1.29 is 5.11 Å². The van der Waals surface area contributed by atoms with Crippen molar-refractivity contribution in [1.82, 2.24) is 0 Å². The molecule has 0 heterocycles. The Morgan fingerprint density at radius 2 is 1.62 bits per heavy atom. The summed E-state index contributed by atoms with van der Waals surface area (Å²) in [6.07, 6.45) is -0.587. The average Bonchev–Trinajstić information content (AvgIpc) is 2.27. The molecule has 0 radical (unpaired) electrons. The maximum absolute atomic E-state index is 10.1. The summed E-state index contributed by atoms with van der Waals surface area (Å²) in [5, 5.41) is 10.1. The molecule has 2 unspecified atom stereocenters. The van der Waals surface area contributed by atoms with Crippen molar-refractivity contribution in [3.05, 3.63) is 29.8 Å². The van der Waals surface area contributed by atoms with Crippen molar-refractivity contribution >= 4 is 5.69 Å². The van der Waals surface area contributed by atoms with E-state index >= 15 is 0 Å². The third kappa shape index (κ3) is 2.97. The van der Waals surface area contributed by atoms with Gasteiger partial charge in [-0.15, -0.1) is 0 Å². The highest BCUT2D eigenvalue weighted by atomic mass is 16.3. The first-order valence-corrected chi connectivity index (χ1v) is 5.64. The van der Waals surface area contributed by atoms with E-state index in [1.165, 1.54) is 0 Å². The van der Waals surface area contributed by atoms with Crippen LogP contribution in [0, 0.1) is 5.92 Å². The fraction of sp³-hybridized carbons (Fsp3) is 0.538. The van der Waals surface area contributed by atoms with Gasteiger partial charge in [0.15, 0.2) is 0 Å². The second-order valence-electron chi connectivity index (χ2n) is 4.75. The van der Waals surface area contributed by atoms with Gasteiger partial charge in [0.1, 0.15) is 0 Å². The highest BCUT2D eigenvalue weighted by molar-refractivity contribution is 5.46. The molecule has 0 bridgehead atoms. The van der Waals surface area contributed by atoms with Crippen LogP contribution in [-0.2, 0) is 0 Å². The first-order chi connectivity index (χ1) is 7.43. The van der Waals surface area contributed by atoms with Crippen LogP contribution >= 0.6 is 0 Å². The second kappa shape index (κ2) is 5.32. The van der Waals surface area contributed by atoms with E-state index in [0.717, 1.165) is 11.3 Å². The predicted molar refractivity (Wildman–Crippen MR) is 68.5 cm³/mol. The molecule has 90 valence electrons. The molecule has 1 rings (SSSR count). The normalized spacial score (nSPS) is 14.9. The van der Waals surface area contributed by atoms with Gasteiger partial charge in [0, 0.05) is 25.8 Å². The van der Waals surface area contributed by atoms with E-state index < -0.39 is 6.10 Å². The summed E-state index contributed by atoms with van der Waals surface area (Å²) >= 11 is 0. The van der Waals surface area contributed by atoms with E-state index in [-0.39, 0.29) is 12.0 Å². The smallest absolute Gasteiger partial charge is 0.0943 e. The lowest BCUT2D eigenvalue weighted by atomic mass is 9.94. The highest BCUT2D eigenvalue weighted by Gasteiger charge is 2.19. The Kier molecular flexibility index (Phi) is 4.33. The molecule has 3 N–H and O–H groups in total. The van der Waals surface area contributed by atoms with Crippen LogP contribution in [0.3, 0.4) is 0 Å². The largest absolute Gasteiger partial charge is 0.387 e. The zero-order chi connectivity index (χ0) is 12.3. The van der Waals surface area contributed by atoms with Crippen LogP contribution < -0.4 is 10.6 Å². The first kappa shape index (κ1) is 13.0. The molecule has 16 heavy (non-hydrogen) atoms. The van der Waals surface area contributed by atoms with Crippen LogP contribution in [0.25, 0.3) is 0 Å². The van der Waals surface area contributed by atoms with E-state index in [2.05, 4.69) is 0 Å². The number of hydrogen-bond donors (Lipinski definition) is 2. The lowest BCUT2D eigenvalue weighted by Gasteiger charge is -2.23. The number of benzene rings is 1. The van der Waals surface area contributed by atoms with Gasteiger partial charge in [-0.25, -0.2) is 0 Å². The van der Waals surface area contributed by atoms with Crippen molar-refractivity contribution in [2.75, 3.05) is 19.0 Å². The van der Waals surface area contributed by atoms with E-state index in [4.69, 9.17) is 5.73 Å². The van der Waals surface area contributed by atoms with Gasteiger partial charge < -0.3 is 15.7 Å². The van der Waals surface area contributed by atoms with Crippen LogP contribution in [0.4, 0.5) is 5.69 Å². The molecule has 0 aliphatic rings. The average molecular weight is 222 g/mol. The quantitative estimate of drug-likeness (QED) is 0.816. The van der Waals surface area contributed by atoms with Gasteiger partial charge in [-0.05, 0) is 23.6 Å². The maximum atomic E-state index is 10.1. The summed E-state index contributed by atoms with van der Waals surface area (Å²) in [6.45, 7) is 4.03. The third-order valence-electron chi connectivity index (χ3n) is 2.89.